The van der Waals surface area contributed by atoms with E-state index < -0.39 is 11.4 Å². The number of halogens is 2. The largest absolute Gasteiger partial charge is 0.390 e. The zero-order valence-corrected chi connectivity index (χ0v) is 10.1. The number of benzene rings is 1. The Kier molecular flexibility index (Phi) is 3.22. The van der Waals surface area contributed by atoms with Crippen molar-refractivity contribution >= 4 is 11.6 Å². The van der Waals surface area contributed by atoms with Gasteiger partial charge in [0.1, 0.15) is 5.82 Å². The molecule has 16 heavy (non-hydrogen) atoms. The van der Waals surface area contributed by atoms with Gasteiger partial charge in [0.25, 0.3) is 0 Å². The minimum absolute atomic E-state index is 0.135. The third kappa shape index (κ3) is 2.55. The Morgan fingerprint density at radius 2 is 2.31 bits per heavy atom. The lowest BCUT2D eigenvalue weighted by molar-refractivity contribution is 0.0446. The fourth-order valence-electron chi connectivity index (χ4n) is 2.56. The predicted octanol–water partition coefficient (Wildman–Crippen LogP) is 3.57. The van der Waals surface area contributed by atoms with E-state index in [2.05, 4.69) is 6.92 Å². The SMILES string of the molecule is CC1CCC(O)(Cc2ccc(Cl)c(F)c2)C1. The van der Waals surface area contributed by atoms with Gasteiger partial charge < -0.3 is 5.11 Å². The Balaban J connectivity index is 2.12. The molecule has 0 aromatic heterocycles. The van der Waals surface area contributed by atoms with Gasteiger partial charge in [0.2, 0.25) is 0 Å². The number of aliphatic hydroxyl groups is 1. The molecule has 0 amide bonds. The van der Waals surface area contributed by atoms with Gasteiger partial charge in [-0.1, -0.05) is 24.6 Å². The van der Waals surface area contributed by atoms with Crippen molar-refractivity contribution in [1.29, 1.82) is 0 Å². The maximum Gasteiger partial charge on any atom is 0.142 e. The normalized spacial score (nSPS) is 29.6. The van der Waals surface area contributed by atoms with Crippen molar-refractivity contribution in [3.05, 3.63) is 34.6 Å². The monoisotopic (exact) mass is 242 g/mol. The van der Waals surface area contributed by atoms with Gasteiger partial charge in [0, 0.05) is 6.42 Å². The molecule has 3 heteroatoms. The average molecular weight is 243 g/mol. The molecular formula is C13H16ClFO. The molecule has 88 valence electrons. The molecule has 1 N–H and O–H groups in total. The van der Waals surface area contributed by atoms with Crippen LogP contribution < -0.4 is 0 Å². The van der Waals surface area contributed by atoms with Crippen LogP contribution in [-0.2, 0) is 6.42 Å². The molecule has 0 saturated heterocycles. The van der Waals surface area contributed by atoms with E-state index in [9.17, 15) is 9.50 Å². The minimum Gasteiger partial charge on any atom is -0.390 e. The van der Waals surface area contributed by atoms with Gasteiger partial charge in [-0.3, -0.25) is 0 Å². The van der Waals surface area contributed by atoms with E-state index in [1.54, 1.807) is 12.1 Å². The van der Waals surface area contributed by atoms with E-state index >= 15 is 0 Å². The molecule has 1 fully saturated rings. The lowest BCUT2D eigenvalue weighted by Gasteiger charge is -2.22. The number of hydrogen-bond acceptors (Lipinski definition) is 1. The summed E-state index contributed by atoms with van der Waals surface area (Å²) >= 11 is 5.62. The highest BCUT2D eigenvalue weighted by Crippen LogP contribution is 2.36. The molecule has 2 atom stereocenters. The summed E-state index contributed by atoms with van der Waals surface area (Å²) in [6, 6.07) is 4.75. The first-order chi connectivity index (χ1) is 7.48. The van der Waals surface area contributed by atoms with Crippen molar-refractivity contribution in [2.24, 2.45) is 5.92 Å². The second kappa shape index (κ2) is 4.34. The molecule has 0 radical (unpaired) electrons. The highest BCUT2D eigenvalue weighted by molar-refractivity contribution is 6.30. The van der Waals surface area contributed by atoms with E-state index in [1.165, 1.54) is 6.07 Å². The van der Waals surface area contributed by atoms with Crippen LogP contribution in [0.5, 0.6) is 0 Å². The molecule has 1 aliphatic carbocycles. The van der Waals surface area contributed by atoms with Crippen LogP contribution in [0.2, 0.25) is 5.02 Å². The molecule has 0 aliphatic heterocycles. The summed E-state index contributed by atoms with van der Waals surface area (Å²) in [7, 11) is 0. The van der Waals surface area contributed by atoms with Gasteiger partial charge in [-0.15, -0.1) is 0 Å². The molecule has 0 bridgehead atoms. The maximum atomic E-state index is 13.2. The molecule has 1 aromatic carbocycles. The van der Waals surface area contributed by atoms with E-state index in [0.717, 1.165) is 24.8 Å². The summed E-state index contributed by atoms with van der Waals surface area (Å²) in [5, 5.41) is 10.5. The number of rotatable bonds is 2. The van der Waals surface area contributed by atoms with Crippen molar-refractivity contribution in [3.8, 4) is 0 Å². The Morgan fingerprint density at radius 1 is 1.56 bits per heavy atom. The average Bonchev–Trinajstić information content (AvgIpc) is 2.52. The van der Waals surface area contributed by atoms with Gasteiger partial charge in [-0.2, -0.15) is 0 Å². The van der Waals surface area contributed by atoms with Crippen LogP contribution in [0.25, 0.3) is 0 Å². The zero-order valence-electron chi connectivity index (χ0n) is 9.34. The highest BCUT2D eigenvalue weighted by atomic mass is 35.5. The molecule has 1 saturated carbocycles. The molecule has 0 spiro atoms. The summed E-state index contributed by atoms with van der Waals surface area (Å²) in [4.78, 5) is 0. The Labute approximate surface area is 100 Å². The van der Waals surface area contributed by atoms with Crippen molar-refractivity contribution in [3.63, 3.8) is 0 Å². The van der Waals surface area contributed by atoms with Gasteiger partial charge in [-0.05, 0) is 42.9 Å². The van der Waals surface area contributed by atoms with Crippen LogP contribution >= 0.6 is 11.6 Å². The van der Waals surface area contributed by atoms with Crippen LogP contribution in [0.4, 0.5) is 4.39 Å². The summed E-state index contributed by atoms with van der Waals surface area (Å²) in [6.07, 6.45) is 3.17. The number of hydrogen-bond donors (Lipinski definition) is 1. The highest BCUT2D eigenvalue weighted by Gasteiger charge is 2.35. The quantitative estimate of drug-likeness (QED) is 0.841. The Bertz CT molecular complexity index is 394. The van der Waals surface area contributed by atoms with Crippen LogP contribution in [0.3, 0.4) is 0 Å². The Morgan fingerprint density at radius 3 is 2.88 bits per heavy atom. The van der Waals surface area contributed by atoms with E-state index in [1.807, 2.05) is 0 Å². The first-order valence-corrected chi connectivity index (χ1v) is 6.03. The van der Waals surface area contributed by atoms with Crippen LogP contribution in [0.1, 0.15) is 31.7 Å². The summed E-state index contributed by atoms with van der Waals surface area (Å²) in [5.74, 6) is 0.149. The minimum atomic E-state index is -0.653. The van der Waals surface area contributed by atoms with Gasteiger partial charge in [0.05, 0.1) is 10.6 Å². The Hall–Kier alpha value is -0.600. The third-order valence-electron chi connectivity index (χ3n) is 3.35. The fourth-order valence-corrected chi connectivity index (χ4v) is 2.68. The molecule has 0 heterocycles. The molecular weight excluding hydrogens is 227 g/mol. The predicted molar refractivity (Wildman–Crippen MR) is 63.1 cm³/mol. The van der Waals surface area contributed by atoms with E-state index in [0.29, 0.717) is 12.3 Å². The molecule has 1 aromatic rings. The summed E-state index contributed by atoms with van der Waals surface area (Å²) in [6.45, 7) is 2.14. The van der Waals surface area contributed by atoms with E-state index in [-0.39, 0.29) is 5.02 Å². The van der Waals surface area contributed by atoms with Crippen molar-refractivity contribution < 1.29 is 9.50 Å². The van der Waals surface area contributed by atoms with Crippen LogP contribution in [0.15, 0.2) is 18.2 Å². The maximum absolute atomic E-state index is 13.2. The molecule has 2 rings (SSSR count). The van der Waals surface area contributed by atoms with Gasteiger partial charge >= 0.3 is 0 Å². The topological polar surface area (TPSA) is 20.2 Å². The molecule has 1 aliphatic rings. The lowest BCUT2D eigenvalue weighted by atomic mass is 9.92. The summed E-state index contributed by atoms with van der Waals surface area (Å²) < 4.78 is 13.2. The standard InChI is InChI=1S/C13H16ClFO/c1-9-4-5-13(16,7-9)8-10-2-3-11(14)12(15)6-10/h2-3,6,9,16H,4-5,7-8H2,1H3. The molecule has 2 unspecified atom stereocenters. The second-order valence-corrected chi connectivity index (χ2v) is 5.40. The van der Waals surface area contributed by atoms with Crippen LogP contribution in [0, 0.1) is 11.7 Å². The van der Waals surface area contributed by atoms with Gasteiger partial charge in [-0.25, -0.2) is 4.39 Å². The smallest absolute Gasteiger partial charge is 0.142 e. The lowest BCUT2D eigenvalue weighted by Crippen LogP contribution is -2.27. The zero-order chi connectivity index (χ0) is 11.8. The first kappa shape index (κ1) is 11.9. The van der Waals surface area contributed by atoms with Crippen molar-refractivity contribution in [2.45, 2.75) is 38.2 Å². The second-order valence-electron chi connectivity index (χ2n) is 5.00. The van der Waals surface area contributed by atoms with Crippen molar-refractivity contribution in [2.75, 3.05) is 0 Å². The van der Waals surface area contributed by atoms with Crippen molar-refractivity contribution in [1.82, 2.24) is 0 Å². The summed E-state index contributed by atoms with van der Waals surface area (Å²) in [5.41, 5.74) is 0.165. The fraction of sp³-hybridized carbons (Fsp3) is 0.538. The van der Waals surface area contributed by atoms with E-state index in [4.69, 9.17) is 11.6 Å². The first-order valence-electron chi connectivity index (χ1n) is 5.65. The van der Waals surface area contributed by atoms with Crippen LogP contribution in [-0.4, -0.2) is 10.7 Å². The van der Waals surface area contributed by atoms with Gasteiger partial charge in [0.15, 0.2) is 0 Å². The molecule has 1 nitrogen and oxygen atoms in total. The third-order valence-corrected chi connectivity index (χ3v) is 3.65.